The number of rotatable bonds is 0. The third kappa shape index (κ3) is 4.43. The Morgan fingerprint density at radius 2 is 1.33 bits per heavy atom. The number of hydrogen-bond donors (Lipinski definition) is 1. The van der Waals surface area contributed by atoms with Crippen LogP contribution < -0.4 is 0 Å². The van der Waals surface area contributed by atoms with Crippen molar-refractivity contribution in [1.29, 1.82) is 0 Å². The summed E-state index contributed by atoms with van der Waals surface area (Å²) in [5.74, 6) is 0. The van der Waals surface area contributed by atoms with Crippen molar-refractivity contribution >= 4 is 10.1 Å². The molecule has 1 N–H and O–H groups in total. The van der Waals surface area contributed by atoms with Crippen LogP contribution in [0.25, 0.3) is 0 Å². The zero-order chi connectivity index (χ0) is 7.00. The fraction of sp³-hybridized carbons (Fsp3) is 1.00. The Morgan fingerprint density at radius 3 is 1.33 bits per heavy atom. The zero-order valence-electron chi connectivity index (χ0n) is 3.66. The summed E-state index contributed by atoms with van der Waals surface area (Å²) in [6.07, 6.45) is 0. The molecule has 0 saturated carbocycles. The monoisotopic (exact) mass is 308 g/mol. The Labute approximate surface area is 81.0 Å². The van der Waals surface area contributed by atoms with Crippen molar-refractivity contribution in [3.05, 3.63) is 0 Å². The Hall–Kier alpha value is 1.02. The number of hydrogen-bond acceptors (Lipinski definition) is 2. The smallest absolute Gasteiger partial charge is 0.279 e. The summed E-state index contributed by atoms with van der Waals surface area (Å²) in [7, 11) is -5.84. The molecule has 0 heterocycles. The molecule has 8 heteroatoms. The summed E-state index contributed by atoms with van der Waals surface area (Å²) in [6, 6.07) is 0. The van der Waals surface area contributed by atoms with E-state index >= 15 is 0 Å². The van der Waals surface area contributed by atoms with E-state index in [1.165, 1.54) is 0 Å². The van der Waals surface area contributed by atoms with Gasteiger partial charge in [-0.25, -0.2) is 0 Å². The molecule has 0 aromatic heterocycles. The first-order valence-corrected chi connectivity index (χ1v) is 2.73. The molecule has 0 aromatic rings. The van der Waals surface area contributed by atoms with Crippen LogP contribution in [0.15, 0.2) is 0 Å². The normalized spacial score (nSPS) is 12.4. The molecular weight excluding hydrogens is 306 g/mol. The fourth-order valence-corrected chi connectivity index (χ4v) is 0. The van der Waals surface area contributed by atoms with Crippen molar-refractivity contribution in [2.75, 3.05) is 0 Å². The Morgan fingerprint density at radius 1 is 1.22 bits per heavy atom. The average molecular weight is 307 g/mol. The second-order valence-electron chi connectivity index (χ2n) is 0.921. The van der Waals surface area contributed by atoms with Crippen LogP contribution in [0.2, 0.25) is 0 Å². The van der Waals surface area contributed by atoms with Gasteiger partial charge in [0.15, 0.2) is 0 Å². The average Bonchev–Trinajstić information content (AvgIpc) is 1.25. The van der Waals surface area contributed by atoms with E-state index in [4.69, 9.17) is 13.0 Å². The van der Waals surface area contributed by atoms with Gasteiger partial charge in [-0.05, 0) is 0 Å². The molecule has 0 rings (SSSR count). The molecule has 0 spiro atoms. The van der Waals surface area contributed by atoms with Gasteiger partial charge in [-0.2, -0.15) is 21.6 Å². The van der Waals surface area contributed by atoms with Crippen molar-refractivity contribution in [3.63, 3.8) is 0 Å². The molecule has 0 amide bonds. The molecule has 3 nitrogen and oxygen atoms in total. The van der Waals surface area contributed by atoms with E-state index < -0.39 is 15.6 Å². The van der Waals surface area contributed by atoms with Crippen molar-refractivity contribution < 1.29 is 66.1 Å². The summed E-state index contributed by atoms with van der Waals surface area (Å²) < 4.78 is 57.5. The van der Waals surface area contributed by atoms with Crippen molar-refractivity contribution in [2.24, 2.45) is 0 Å². The second kappa shape index (κ2) is 3.43. The van der Waals surface area contributed by atoms with Gasteiger partial charge in [0.1, 0.15) is 0 Å². The van der Waals surface area contributed by atoms with Crippen LogP contribution in [0.4, 0.5) is 13.2 Å². The molecule has 0 aliphatic heterocycles. The summed E-state index contributed by atoms with van der Waals surface area (Å²) in [4.78, 5) is 0. The van der Waals surface area contributed by atoms with Crippen LogP contribution in [0, 0.1) is 39.9 Å². The van der Waals surface area contributed by atoms with Crippen LogP contribution in [-0.4, -0.2) is 18.5 Å². The van der Waals surface area contributed by atoms with Crippen LogP contribution in [-0.2, 0) is 10.1 Å². The maximum absolute atomic E-state index is 10.7. The second-order valence-corrected chi connectivity index (χ2v) is 2.33. The Kier molecular flexibility index (Phi) is 4.83. The Bertz CT molecular complexity index is 168. The molecule has 0 aliphatic carbocycles. The molecule has 0 aromatic carbocycles. The topological polar surface area (TPSA) is 54.4 Å². The number of alkyl halides is 3. The molecule has 9 heavy (non-hydrogen) atoms. The maximum Gasteiger partial charge on any atom is 0.522 e. The molecule has 0 bridgehead atoms. The molecule has 0 fully saturated rings. The first-order valence-electron chi connectivity index (χ1n) is 1.29. The molecule has 58 valence electrons. The minimum absolute atomic E-state index is 0. The van der Waals surface area contributed by atoms with Gasteiger partial charge >= 0.3 is 15.6 Å². The van der Waals surface area contributed by atoms with Gasteiger partial charge in [-0.3, -0.25) is 4.55 Å². The standard InChI is InChI=1S/CHF3O3S.Gd/c2-1(3,4)8(5,6)7;/h(H,5,6,7);. The fourth-order valence-electron chi connectivity index (χ4n) is 0. The molecule has 0 aliphatic rings. The van der Waals surface area contributed by atoms with Gasteiger partial charge in [0.2, 0.25) is 0 Å². The predicted molar refractivity (Wildman–Crippen MR) is 17.6 cm³/mol. The SMILES string of the molecule is O=S(=O)(O)C(F)(F)F.[Gd]. The van der Waals surface area contributed by atoms with Crippen molar-refractivity contribution in [3.8, 4) is 0 Å². The van der Waals surface area contributed by atoms with Crippen LogP contribution >= 0.6 is 0 Å². The summed E-state index contributed by atoms with van der Waals surface area (Å²) in [6.45, 7) is 0. The molecular formula is CHF3GdO3S. The van der Waals surface area contributed by atoms with E-state index in [0.717, 1.165) is 0 Å². The minimum Gasteiger partial charge on any atom is -0.279 e. The zero-order valence-corrected chi connectivity index (χ0v) is 6.74. The molecule has 0 radical (unpaired) electrons. The molecule has 0 atom stereocenters. The Balaban J connectivity index is 0. The van der Waals surface area contributed by atoms with E-state index in [2.05, 4.69) is 0 Å². The van der Waals surface area contributed by atoms with E-state index in [1.54, 1.807) is 0 Å². The minimum atomic E-state index is -5.84. The van der Waals surface area contributed by atoms with Gasteiger partial charge < -0.3 is 0 Å². The van der Waals surface area contributed by atoms with E-state index in [0.29, 0.717) is 0 Å². The maximum atomic E-state index is 10.7. The van der Waals surface area contributed by atoms with Crippen LogP contribution in [0.1, 0.15) is 0 Å². The van der Waals surface area contributed by atoms with Gasteiger partial charge in [0, 0.05) is 39.9 Å². The van der Waals surface area contributed by atoms with Crippen molar-refractivity contribution in [2.45, 2.75) is 5.51 Å². The third-order valence-electron chi connectivity index (χ3n) is 0.292. The summed E-state index contributed by atoms with van der Waals surface area (Å²) in [5, 5.41) is 0. The van der Waals surface area contributed by atoms with Crippen LogP contribution in [0.5, 0.6) is 0 Å². The van der Waals surface area contributed by atoms with Gasteiger partial charge in [0.25, 0.3) is 0 Å². The largest absolute Gasteiger partial charge is 0.522 e. The van der Waals surface area contributed by atoms with E-state index in [1.807, 2.05) is 0 Å². The van der Waals surface area contributed by atoms with E-state index in [-0.39, 0.29) is 39.9 Å². The predicted octanol–water partition coefficient (Wildman–Crippen LogP) is 0.394. The third-order valence-corrected chi connectivity index (χ3v) is 0.877. The first-order chi connectivity index (χ1) is 3.25. The molecule has 0 saturated heterocycles. The molecule has 0 unspecified atom stereocenters. The number of halogens is 3. The van der Waals surface area contributed by atoms with Gasteiger partial charge in [0.05, 0.1) is 0 Å². The quantitative estimate of drug-likeness (QED) is 0.520. The van der Waals surface area contributed by atoms with E-state index in [9.17, 15) is 13.2 Å². The summed E-state index contributed by atoms with van der Waals surface area (Å²) >= 11 is 0. The summed E-state index contributed by atoms with van der Waals surface area (Å²) in [5.41, 5.74) is -5.53. The van der Waals surface area contributed by atoms with Crippen molar-refractivity contribution in [1.82, 2.24) is 0 Å². The van der Waals surface area contributed by atoms with Gasteiger partial charge in [-0.1, -0.05) is 0 Å². The van der Waals surface area contributed by atoms with Gasteiger partial charge in [-0.15, -0.1) is 0 Å². The first kappa shape index (κ1) is 12.7. The van der Waals surface area contributed by atoms with Crippen LogP contribution in [0.3, 0.4) is 0 Å².